The van der Waals surface area contributed by atoms with Crippen molar-refractivity contribution in [3.05, 3.63) is 66.1 Å². The number of benzene rings is 1. The van der Waals surface area contributed by atoms with E-state index in [-0.39, 0.29) is 5.75 Å². The molecule has 34 heavy (non-hydrogen) atoms. The first kappa shape index (κ1) is 25.0. The minimum atomic E-state index is -4.77. The molecule has 0 unspecified atom stereocenters. The number of hydrogen-bond acceptors (Lipinski definition) is 6. The lowest BCUT2D eigenvalue weighted by Gasteiger charge is -2.21. The normalized spacial score (nSPS) is 13.2. The highest BCUT2D eigenvalue weighted by Gasteiger charge is 2.31. The van der Waals surface area contributed by atoms with Crippen LogP contribution in [0.4, 0.5) is 24.7 Å². The van der Waals surface area contributed by atoms with E-state index in [4.69, 9.17) is 5.11 Å². The van der Waals surface area contributed by atoms with Gasteiger partial charge in [-0.1, -0.05) is 6.07 Å². The number of halogens is 3. The highest BCUT2D eigenvalue weighted by atomic mass is 19.4. The van der Waals surface area contributed by atoms with Crippen LogP contribution in [0.5, 0.6) is 5.75 Å². The minimum absolute atomic E-state index is 0.333. The number of carbonyl (C=O) groups excluding carboxylic acids is 1. The molecule has 1 fully saturated rings. The zero-order valence-electron chi connectivity index (χ0n) is 18.8. The van der Waals surface area contributed by atoms with Gasteiger partial charge in [0.2, 0.25) is 0 Å². The lowest BCUT2D eigenvalue weighted by molar-refractivity contribution is -0.274. The number of pyridine rings is 2. The monoisotopic (exact) mass is 474 g/mol. The molecule has 7 nitrogen and oxygen atoms in total. The third-order valence-electron chi connectivity index (χ3n) is 5.10. The second-order valence-electron chi connectivity index (χ2n) is 7.50. The van der Waals surface area contributed by atoms with Crippen LogP contribution < -0.4 is 15.0 Å². The van der Waals surface area contributed by atoms with Crippen molar-refractivity contribution in [2.75, 3.05) is 30.4 Å². The van der Waals surface area contributed by atoms with Gasteiger partial charge in [0.15, 0.2) is 0 Å². The maximum Gasteiger partial charge on any atom is 0.573 e. The zero-order chi connectivity index (χ0) is 24.7. The van der Waals surface area contributed by atoms with Gasteiger partial charge in [-0.15, -0.1) is 13.2 Å². The molecule has 10 heteroatoms. The molecule has 1 aromatic carbocycles. The van der Waals surface area contributed by atoms with Crippen LogP contribution in [0.15, 0.2) is 54.9 Å². The number of anilines is 2. The molecule has 2 aromatic heterocycles. The first-order valence-electron chi connectivity index (χ1n) is 10.6. The molecule has 0 radical (unpaired) electrons. The highest BCUT2D eigenvalue weighted by Crippen LogP contribution is 2.32. The van der Waals surface area contributed by atoms with Crippen molar-refractivity contribution in [2.24, 2.45) is 0 Å². The lowest BCUT2D eigenvalue weighted by atomic mass is 10.1. The van der Waals surface area contributed by atoms with Crippen LogP contribution in [0.1, 0.15) is 28.9 Å². The van der Waals surface area contributed by atoms with E-state index < -0.39 is 12.3 Å². The Hall–Kier alpha value is -3.66. The average molecular weight is 474 g/mol. The predicted molar refractivity (Wildman–Crippen MR) is 123 cm³/mol. The predicted octanol–water partition coefficient (Wildman–Crippen LogP) is 4.81. The molecular weight excluding hydrogens is 449 g/mol. The molecule has 3 heterocycles. The minimum Gasteiger partial charge on any atom is -0.406 e. The van der Waals surface area contributed by atoms with E-state index in [2.05, 4.69) is 24.9 Å². The molecule has 1 saturated heterocycles. The fraction of sp³-hybridized carbons (Fsp3) is 0.292. The van der Waals surface area contributed by atoms with Crippen LogP contribution in [-0.2, 0) is 0 Å². The van der Waals surface area contributed by atoms with Crippen molar-refractivity contribution >= 4 is 17.4 Å². The lowest BCUT2D eigenvalue weighted by Crippen LogP contribution is -2.21. The van der Waals surface area contributed by atoms with Crippen molar-refractivity contribution in [3.63, 3.8) is 0 Å². The molecule has 0 bridgehead atoms. The van der Waals surface area contributed by atoms with Gasteiger partial charge in [-0.3, -0.25) is 9.78 Å². The Balaban J connectivity index is 0.00000158. The SMILES string of the molecule is CO.Cc1ccc(-c2cc(C(=O)Nc3ccc(OC(F)(F)F)cc3)cnc2N2CCCC2)cn1. The topological polar surface area (TPSA) is 87.6 Å². The largest absolute Gasteiger partial charge is 0.573 e. The molecular formula is C24H25F3N4O3. The summed E-state index contributed by atoms with van der Waals surface area (Å²) in [4.78, 5) is 23.9. The van der Waals surface area contributed by atoms with Gasteiger partial charge < -0.3 is 20.1 Å². The maximum atomic E-state index is 12.8. The Morgan fingerprint density at radius 3 is 2.29 bits per heavy atom. The molecule has 0 saturated carbocycles. The van der Waals surface area contributed by atoms with Crippen LogP contribution in [-0.4, -0.2) is 47.5 Å². The van der Waals surface area contributed by atoms with E-state index >= 15 is 0 Å². The van der Waals surface area contributed by atoms with Gasteiger partial charge in [-0.25, -0.2) is 4.98 Å². The second-order valence-corrected chi connectivity index (χ2v) is 7.50. The summed E-state index contributed by atoms with van der Waals surface area (Å²) in [5, 5.41) is 9.68. The summed E-state index contributed by atoms with van der Waals surface area (Å²) >= 11 is 0. The molecule has 4 rings (SSSR count). The van der Waals surface area contributed by atoms with Gasteiger partial charge in [0.25, 0.3) is 5.91 Å². The molecule has 1 amide bonds. The molecule has 0 spiro atoms. The van der Waals surface area contributed by atoms with Crippen molar-refractivity contribution in [2.45, 2.75) is 26.1 Å². The van der Waals surface area contributed by atoms with E-state index in [0.717, 1.165) is 67.8 Å². The number of nitrogens with one attached hydrogen (secondary N) is 1. The van der Waals surface area contributed by atoms with Gasteiger partial charge in [0.05, 0.1) is 5.56 Å². The molecule has 180 valence electrons. The number of aromatic nitrogens is 2. The van der Waals surface area contributed by atoms with E-state index in [9.17, 15) is 18.0 Å². The summed E-state index contributed by atoms with van der Waals surface area (Å²) in [7, 11) is 1.00. The van der Waals surface area contributed by atoms with E-state index in [1.54, 1.807) is 12.3 Å². The standard InChI is InChI=1S/C23H21F3N4O2.CH4O/c1-15-4-5-16(13-27-15)20-12-17(14-28-21(20)30-10-2-3-11-30)22(31)29-18-6-8-19(9-7-18)32-23(24,25)26;1-2/h4-9,12-14H,2-3,10-11H2,1H3,(H,29,31);2H,1H3. The van der Waals surface area contributed by atoms with E-state index in [1.807, 2.05) is 19.1 Å². The first-order valence-corrected chi connectivity index (χ1v) is 10.6. The first-order chi connectivity index (χ1) is 16.3. The van der Waals surface area contributed by atoms with E-state index in [1.165, 1.54) is 18.3 Å². The summed E-state index contributed by atoms with van der Waals surface area (Å²) < 4.78 is 40.8. The fourth-order valence-corrected chi connectivity index (χ4v) is 3.55. The second kappa shape index (κ2) is 11.0. The zero-order valence-corrected chi connectivity index (χ0v) is 18.8. The number of carbonyl (C=O) groups is 1. The Morgan fingerprint density at radius 1 is 1.03 bits per heavy atom. The third kappa shape index (κ3) is 6.44. The Labute approximate surface area is 195 Å². The number of ether oxygens (including phenoxy) is 1. The molecule has 0 aliphatic carbocycles. The molecule has 1 aliphatic heterocycles. The van der Waals surface area contributed by atoms with Gasteiger partial charge in [-0.2, -0.15) is 0 Å². The number of aliphatic hydroxyl groups is 1. The Morgan fingerprint density at radius 2 is 1.71 bits per heavy atom. The van der Waals surface area contributed by atoms with Gasteiger partial charge in [0.1, 0.15) is 11.6 Å². The van der Waals surface area contributed by atoms with Gasteiger partial charge >= 0.3 is 6.36 Å². The molecule has 2 N–H and O–H groups in total. The van der Waals surface area contributed by atoms with E-state index in [0.29, 0.717) is 11.3 Å². The smallest absolute Gasteiger partial charge is 0.406 e. The Kier molecular flexibility index (Phi) is 8.06. The number of nitrogens with zero attached hydrogens (tertiary/aromatic N) is 3. The summed E-state index contributed by atoms with van der Waals surface area (Å²) in [6.45, 7) is 3.70. The van der Waals surface area contributed by atoms with Crippen LogP contribution in [0.25, 0.3) is 11.1 Å². The molecule has 1 aliphatic rings. The number of amides is 1. The van der Waals surface area contributed by atoms with Crippen molar-refractivity contribution in [1.29, 1.82) is 0 Å². The number of aliphatic hydroxyl groups excluding tert-OH is 1. The van der Waals surface area contributed by atoms with Gasteiger partial charge in [-0.05, 0) is 56.2 Å². The summed E-state index contributed by atoms with van der Waals surface area (Å²) in [6.07, 6.45) is 0.671. The number of hydrogen-bond donors (Lipinski definition) is 2. The number of aryl methyl sites for hydroxylation is 1. The molecule has 0 atom stereocenters. The van der Waals surface area contributed by atoms with Crippen LogP contribution in [0, 0.1) is 6.92 Å². The van der Waals surface area contributed by atoms with Crippen molar-refractivity contribution in [1.82, 2.24) is 9.97 Å². The highest BCUT2D eigenvalue weighted by molar-refractivity contribution is 6.05. The summed E-state index contributed by atoms with van der Waals surface area (Å²) in [5.74, 6) is 0.0240. The summed E-state index contributed by atoms with van der Waals surface area (Å²) in [6, 6.07) is 10.6. The van der Waals surface area contributed by atoms with Crippen molar-refractivity contribution < 1.29 is 27.8 Å². The fourth-order valence-electron chi connectivity index (χ4n) is 3.55. The quantitative estimate of drug-likeness (QED) is 0.552. The Bertz CT molecular complexity index is 1100. The summed E-state index contributed by atoms with van der Waals surface area (Å²) in [5.41, 5.74) is 3.22. The van der Waals surface area contributed by atoms with Crippen LogP contribution in [0.3, 0.4) is 0 Å². The average Bonchev–Trinajstić information content (AvgIpc) is 3.36. The molecule has 3 aromatic rings. The number of alkyl halides is 3. The number of rotatable bonds is 5. The van der Waals surface area contributed by atoms with Crippen molar-refractivity contribution in [3.8, 4) is 16.9 Å². The van der Waals surface area contributed by atoms with Crippen LogP contribution >= 0.6 is 0 Å². The third-order valence-corrected chi connectivity index (χ3v) is 5.10. The van der Waals surface area contributed by atoms with Gasteiger partial charge in [0, 0.05) is 55.1 Å². The van der Waals surface area contributed by atoms with Crippen LogP contribution in [0.2, 0.25) is 0 Å². The maximum absolute atomic E-state index is 12.8.